The molecule has 0 aliphatic carbocycles. The van der Waals surface area contributed by atoms with Crippen LogP contribution in [-0.2, 0) is 4.74 Å². The monoisotopic (exact) mass is 392 g/mol. The number of benzene rings is 1. The number of nitrogens with one attached hydrogen (secondary N) is 2. The van der Waals surface area contributed by atoms with Crippen molar-refractivity contribution in [3.8, 4) is 5.75 Å². The summed E-state index contributed by atoms with van der Waals surface area (Å²) in [6.45, 7) is 12.2. The van der Waals surface area contributed by atoms with Gasteiger partial charge in [0.25, 0.3) is 0 Å². The number of nitrogens with zero attached hydrogens (tertiary/aromatic N) is 2. The van der Waals surface area contributed by atoms with Crippen molar-refractivity contribution < 1.29 is 19.1 Å². The molecule has 0 aromatic heterocycles. The first kappa shape index (κ1) is 21.8. The van der Waals surface area contributed by atoms with E-state index in [0.29, 0.717) is 31.9 Å². The third-order valence-corrected chi connectivity index (χ3v) is 4.16. The maximum Gasteiger partial charge on any atom is 0.410 e. The first-order valence-corrected chi connectivity index (χ1v) is 9.75. The minimum absolute atomic E-state index is 0.239. The molecule has 1 aromatic rings. The van der Waals surface area contributed by atoms with E-state index in [4.69, 9.17) is 9.47 Å². The number of ether oxygens (including phenoxy) is 2. The Kier molecular flexibility index (Phi) is 7.92. The highest BCUT2D eigenvalue weighted by atomic mass is 16.6. The highest BCUT2D eigenvalue weighted by Crippen LogP contribution is 2.15. The van der Waals surface area contributed by atoms with Crippen LogP contribution in [0, 0.1) is 0 Å². The number of hydrogen-bond donors (Lipinski definition) is 2. The van der Waals surface area contributed by atoms with Gasteiger partial charge in [0.2, 0.25) is 0 Å². The van der Waals surface area contributed by atoms with E-state index in [-0.39, 0.29) is 12.1 Å². The van der Waals surface area contributed by atoms with Crippen LogP contribution in [0.4, 0.5) is 15.3 Å². The average Bonchev–Trinajstić information content (AvgIpc) is 2.63. The smallest absolute Gasteiger partial charge is 0.410 e. The molecule has 1 fully saturated rings. The third kappa shape index (κ3) is 7.64. The van der Waals surface area contributed by atoms with Gasteiger partial charge in [-0.05, 0) is 52.0 Å². The molecule has 0 saturated carbocycles. The predicted molar refractivity (Wildman–Crippen MR) is 109 cm³/mol. The fourth-order valence-electron chi connectivity index (χ4n) is 2.78. The van der Waals surface area contributed by atoms with Crippen molar-refractivity contribution in [1.29, 1.82) is 0 Å². The molecule has 1 aliphatic heterocycles. The van der Waals surface area contributed by atoms with E-state index in [2.05, 4.69) is 15.5 Å². The van der Waals surface area contributed by atoms with Gasteiger partial charge >= 0.3 is 12.1 Å². The minimum Gasteiger partial charge on any atom is -0.494 e. The summed E-state index contributed by atoms with van der Waals surface area (Å²) in [5.74, 6) is 0.777. The van der Waals surface area contributed by atoms with Crippen LogP contribution in [0.2, 0.25) is 0 Å². The fraction of sp³-hybridized carbons (Fsp3) is 0.600. The van der Waals surface area contributed by atoms with Crippen molar-refractivity contribution in [3.05, 3.63) is 24.3 Å². The van der Waals surface area contributed by atoms with Crippen molar-refractivity contribution in [1.82, 2.24) is 15.1 Å². The molecule has 8 nitrogen and oxygen atoms in total. The number of amides is 3. The summed E-state index contributed by atoms with van der Waals surface area (Å²) in [6, 6.07) is 7.02. The second-order valence-corrected chi connectivity index (χ2v) is 7.65. The van der Waals surface area contributed by atoms with E-state index in [9.17, 15) is 9.59 Å². The molecule has 0 bridgehead atoms. The van der Waals surface area contributed by atoms with Gasteiger partial charge in [-0.15, -0.1) is 0 Å². The molecule has 1 saturated heterocycles. The van der Waals surface area contributed by atoms with Crippen molar-refractivity contribution in [2.75, 3.05) is 51.2 Å². The molecular weight excluding hydrogens is 360 g/mol. The second-order valence-electron chi connectivity index (χ2n) is 7.65. The second kappa shape index (κ2) is 10.2. The Morgan fingerprint density at radius 1 is 1.07 bits per heavy atom. The number of urea groups is 1. The summed E-state index contributed by atoms with van der Waals surface area (Å²) in [7, 11) is 0. The first-order valence-electron chi connectivity index (χ1n) is 9.75. The lowest BCUT2D eigenvalue weighted by Crippen LogP contribution is -2.51. The van der Waals surface area contributed by atoms with Crippen molar-refractivity contribution >= 4 is 17.8 Å². The zero-order chi connectivity index (χ0) is 20.6. The lowest BCUT2D eigenvalue weighted by Gasteiger charge is -2.35. The predicted octanol–water partition coefficient (Wildman–Crippen LogP) is 2.76. The Hall–Kier alpha value is -2.48. The van der Waals surface area contributed by atoms with Gasteiger partial charge < -0.3 is 25.0 Å². The lowest BCUT2D eigenvalue weighted by atomic mass is 10.2. The van der Waals surface area contributed by atoms with Crippen LogP contribution in [0.5, 0.6) is 5.75 Å². The molecule has 0 unspecified atom stereocenters. The van der Waals surface area contributed by atoms with Gasteiger partial charge in [-0.3, -0.25) is 4.90 Å². The molecule has 1 aliphatic rings. The molecule has 0 radical (unpaired) electrons. The van der Waals surface area contributed by atoms with Crippen LogP contribution in [0.1, 0.15) is 27.7 Å². The van der Waals surface area contributed by atoms with E-state index < -0.39 is 5.60 Å². The molecule has 0 spiro atoms. The summed E-state index contributed by atoms with van der Waals surface area (Å²) in [5, 5.41) is 5.65. The number of anilines is 1. The Morgan fingerprint density at radius 2 is 1.71 bits per heavy atom. The van der Waals surface area contributed by atoms with Gasteiger partial charge in [-0.25, -0.2) is 9.59 Å². The van der Waals surface area contributed by atoms with E-state index in [1.54, 1.807) is 17.0 Å². The molecule has 28 heavy (non-hydrogen) atoms. The Morgan fingerprint density at radius 3 is 2.29 bits per heavy atom. The van der Waals surface area contributed by atoms with Crippen LogP contribution in [0.3, 0.4) is 0 Å². The Labute approximate surface area is 167 Å². The summed E-state index contributed by atoms with van der Waals surface area (Å²) in [4.78, 5) is 28.0. The standard InChI is InChI=1S/C20H32N4O4/c1-5-27-17-8-6-16(7-9-17)22-18(25)21-10-11-23-12-14-24(15-13-23)19(26)28-20(2,3)4/h6-9H,5,10-15H2,1-4H3,(H2,21,22,25). The number of carbonyl (C=O) groups excluding carboxylic acids is 2. The number of hydrogen-bond acceptors (Lipinski definition) is 5. The summed E-state index contributed by atoms with van der Waals surface area (Å²) in [5.41, 5.74) is 0.237. The molecule has 1 aromatic carbocycles. The molecule has 3 amide bonds. The highest BCUT2D eigenvalue weighted by Gasteiger charge is 2.25. The Bertz CT molecular complexity index is 635. The first-order chi connectivity index (χ1) is 13.3. The maximum atomic E-state index is 12.1. The highest BCUT2D eigenvalue weighted by molar-refractivity contribution is 5.89. The molecule has 2 rings (SSSR count). The van der Waals surface area contributed by atoms with E-state index >= 15 is 0 Å². The minimum atomic E-state index is -0.477. The van der Waals surface area contributed by atoms with Crippen LogP contribution in [0.25, 0.3) is 0 Å². The van der Waals surface area contributed by atoms with Crippen LogP contribution >= 0.6 is 0 Å². The lowest BCUT2D eigenvalue weighted by molar-refractivity contribution is 0.0147. The Balaban J connectivity index is 1.63. The van der Waals surface area contributed by atoms with E-state index in [0.717, 1.165) is 25.4 Å². The number of rotatable bonds is 6. The van der Waals surface area contributed by atoms with Crippen molar-refractivity contribution in [2.24, 2.45) is 0 Å². The van der Waals surface area contributed by atoms with Gasteiger partial charge in [0.15, 0.2) is 0 Å². The van der Waals surface area contributed by atoms with Gasteiger partial charge in [-0.2, -0.15) is 0 Å². The quantitative estimate of drug-likeness (QED) is 0.778. The summed E-state index contributed by atoms with van der Waals surface area (Å²) in [6.07, 6.45) is -0.264. The van der Waals surface area contributed by atoms with Gasteiger partial charge in [0, 0.05) is 45.0 Å². The molecule has 156 valence electrons. The van der Waals surface area contributed by atoms with Crippen LogP contribution in [0.15, 0.2) is 24.3 Å². The van der Waals surface area contributed by atoms with Gasteiger partial charge in [0.1, 0.15) is 11.4 Å². The van der Waals surface area contributed by atoms with Crippen molar-refractivity contribution in [3.63, 3.8) is 0 Å². The topological polar surface area (TPSA) is 83.1 Å². The number of piperazine rings is 1. The fourth-order valence-corrected chi connectivity index (χ4v) is 2.78. The molecule has 0 atom stereocenters. The molecule has 1 heterocycles. The van der Waals surface area contributed by atoms with Crippen molar-refractivity contribution in [2.45, 2.75) is 33.3 Å². The maximum absolute atomic E-state index is 12.1. The van der Waals surface area contributed by atoms with Gasteiger partial charge in [-0.1, -0.05) is 0 Å². The zero-order valence-electron chi connectivity index (χ0n) is 17.3. The van der Waals surface area contributed by atoms with E-state index in [1.807, 2.05) is 39.8 Å². The number of carbonyl (C=O) groups is 2. The summed E-state index contributed by atoms with van der Waals surface area (Å²) < 4.78 is 10.8. The van der Waals surface area contributed by atoms with E-state index in [1.165, 1.54) is 0 Å². The third-order valence-electron chi connectivity index (χ3n) is 4.16. The van der Waals surface area contributed by atoms with Gasteiger partial charge in [0.05, 0.1) is 6.61 Å². The molecular formula is C20H32N4O4. The average molecular weight is 393 g/mol. The SMILES string of the molecule is CCOc1ccc(NC(=O)NCCN2CCN(C(=O)OC(C)(C)C)CC2)cc1. The largest absolute Gasteiger partial charge is 0.494 e. The van der Waals surface area contributed by atoms with Crippen LogP contribution in [-0.4, -0.2) is 73.4 Å². The normalized spacial score (nSPS) is 15.1. The molecule has 8 heteroatoms. The van der Waals surface area contributed by atoms with Crippen LogP contribution < -0.4 is 15.4 Å². The summed E-state index contributed by atoms with van der Waals surface area (Å²) >= 11 is 0. The molecule has 2 N–H and O–H groups in total. The zero-order valence-corrected chi connectivity index (χ0v) is 17.3.